The van der Waals surface area contributed by atoms with E-state index >= 15 is 0 Å². The van der Waals surface area contributed by atoms with Gasteiger partial charge in [0.1, 0.15) is 5.82 Å². The maximum Gasteiger partial charge on any atom is 0.309 e. The van der Waals surface area contributed by atoms with Crippen LogP contribution in [0.3, 0.4) is 0 Å². The van der Waals surface area contributed by atoms with Crippen LogP contribution in [0.2, 0.25) is 0 Å². The van der Waals surface area contributed by atoms with Crippen molar-refractivity contribution in [1.82, 2.24) is 5.32 Å². The number of hydrogen-bond donors (Lipinski definition) is 1. The molecule has 1 aromatic rings. The van der Waals surface area contributed by atoms with Crippen molar-refractivity contribution in [3.8, 4) is 0 Å². The summed E-state index contributed by atoms with van der Waals surface area (Å²) >= 11 is 3.32. The summed E-state index contributed by atoms with van der Waals surface area (Å²) in [4.78, 5) is 11.4. The number of ether oxygens (including phenoxy) is 1. The summed E-state index contributed by atoms with van der Waals surface area (Å²) in [6.07, 6.45) is 1.31. The number of halogens is 2. The van der Waals surface area contributed by atoms with E-state index in [0.29, 0.717) is 25.1 Å². The SMILES string of the molecule is CCC(CNCCc1cc(Br)ccc1F)C(=O)OC. The second-order valence-corrected chi connectivity index (χ2v) is 5.23. The normalized spacial score (nSPS) is 12.2. The lowest BCUT2D eigenvalue weighted by Gasteiger charge is -2.13. The van der Waals surface area contributed by atoms with Crippen LogP contribution in [0.4, 0.5) is 4.39 Å². The van der Waals surface area contributed by atoms with Crippen molar-refractivity contribution in [1.29, 1.82) is 0 Å². The minimum Gasteiger partial charge on any atom is -0.469 e. The quantitative estimate of drug-likeness (QED) is 0.616. The lowest BCUT2D eigenvalue weighted by Crippen LogP contribution is -2.30. The van der Waals surface area contributed by atoms with Crippen molar-refractivity contribution in [3.05, 3.63) is 34.1 Å². The summed E-state index contributed by atoms with van der Waals surface area (Å²) in [7, 11) is 1.39. The van der Waals surface area contributed by atoms with Crippen molar-refractivity contribution in [3.63, 3.8) is 0 Å². The maximum absolute atomic E-state index is 13.5. The fraction of sp³-hybridized carbons (Fsp3) is 0.500. The van der Waals surface area contributed by atoms with Gasteiger partial charge in [-0.15, -0.1) is 0 Å². The van der Waals surface area contributed by atoms with Crippen LogP contribution < -0.4 is 5.32 Å². The average Bonchev–Trinajstić information content (AvgIpc) is 2.41. The Morgan fingerprint density at radius 3 is 2.89 bits per heavy atom. The van der Waals surface area contributed by atoms with Gasteiger partial charge in [-0.25, -0.2) is 4.39 Å². The fourth-order valence-electron chi connectivity index (χ4n) is 1.80. The third-order valence-electron chi connectivity index (χ3n) is 3.00. The summed E-state index contributed by atoms with van der Waals surface area (Å²) in [5.74, 6) is -0.550. The van der Waals surface area contributed by atoms with Gasteiger partial charge < -0.3 is 10.1 Å². The number of benzene rings is 1. The van der Waals surface area contributed by atoms with Crippen LogP contribution in [0, 0.1) is 11.7 Å². The third-order valence-corrected chi connectivity index (χ3v) is 3.49. The molecule has 1 atom stereocenters. The van der Waals surface area contributed by atoms with E-state index < -0.39 is 0 Å². The Hall–Kier alpha value is -0.940. The lowest BCUT2D eigenvalue weighted by atomic mass is 10.1. The molecule has 106 valence electrons. The monoisotopic (exact) mass is 331 g/mol. The van der Waals surface area contributed by atoms with Crippen molar-refractivity contribution < 1.29 is 13.9 Å². The molecule has 0 saturated heterocycles. The van der Waals surface area contributed by atoms with Gasteiger partial charge in [-0.2, -0.15) is 0 Å². The molecule has 0 fully saturated rings. The maximum atomic E-state index is 13.5. The van der Waals surface area contributed by atoms with E-state index in [2.05, 4.69) is 21.2 Å². The van der Waals surface area contributed by atoms with Crippen LogP contribution in [0.1, 0.15) is 18.9 Å². The van der Waals surface area contributed by atoms with Gasteiger partial charge in [0.05, 0.1) is 13.0 Å². The Kier molecular flexibility index (Phi) is 7.02. The first-order valence-electron chi connectivity index (χ1n) is 6.31. The first kappa shape index (κ1) is 16.1. The zero-order valence-corrected chi connectivity index (χ0v) is 12.8. The highest BCUT2D eigenvalue weighted by atomic mass is 79.9. The number of methoxy groups -OCH3 is 1. The Labute approximate surface area is 121 Å². The second-order valence-electron chi connectivity index (χ2n) is 4.32. The van der Waals surface area contributed by atoms with Crippen LogP contribution in [0.25, 0.3) is 0 Å². The number of nitrogens with one attached hydrogen (secondary N) is 1. The van der Waals surface area contributed by atoms with E-state index in [4.69, 9.17) is 4.74 Å². The van der Waals surface area contributed by atoms with Crippen LogP contribution >= 0.6 is 15.9 Å². The lowest BCUT2D eigenvalue weighted by molar-refractivity contribution is -0.145. The Morgan fingerprint density at radius 2 is 2.26 bits per heavy atom. The molecule has 19 heavy (non-hydrogen) atoms. The summed E-state index contributed by atoms with van der Waals surface area (Å²) in [6.45, 7) is 3.12. The standard InChI is InChI=1S/C14H19BrFNO2/c1-3-10(14(18)19-2)9-17-7-6-11-8-12(15)4-5-13(11)16/h4-5,8,10,17H,3,6-7,9H2,1-2H3. The van der Waals surface area contributed by atoms with Gasteiger partial charge in [0.2, 0.25) is 0 Å². The van der Waals surface area contributed by atoms with Gasteiger partial charge in [0.15, 0.2) is 0 Å². The third kappa shape index (κ3) is 5.28. The van der Waals surface area contributed by atoms with Crippen LogP contribution in [0.5, 0.6) is 0 Å². The van der Waals surface area contributed by atoms with Crippen molar-refractivity contribution >= 4 is 21.9 Å². The highest BCUT2D eigenvalue weighted by Crippen LogP contribution is 2.15. The Morgan fingerprint density at radius 1 is 1.53 bits per heavy atom. The van der Waals surface area contributed by atoms with E-state index in [-0.39, 0.29) is 17.7 Å². The molecule has 5 heteroatoms. The molecular formula is C14H19BrFNO2. The number of esters is 1. The zero-order chi connectivity index (χ0) is 14.3. The fourth-order valence-corrected chi connectivity index (χ4v) is 2.20. The molecule has 1 unspecified atom stereocenters. The van der Waals surface area contributed by atoms with Crippen LogP contribution in [-0.2, 0) is 16.0 Å². The molecular weight excluding hydrogens is 313 g/mol. The highest BCUT2D eigenvalue weighted by Gasteiger charge is 2.15. The van der Waals surface area contributed by atoms with E-state index in [9.17, 15) is 9.18 Å². The smallest absolute Gasteiger partial charge is 0.309 e. The van der Waals surface area contributed by atoms with Gasteiger partial charge in [-0.1, -0.05) is 22.9 Å². The number of carbonyl (C=O) groups excluding carboxylic acids is 1. The molecule has 0 aliphatic rings. The zero-order valence-electron chi connectivity index (χ0n) is 11.2. The van der Waals surface area contributed by atoms with Crippen LogP contribution in [0.15, 0.2) is 22.7 Å². The summed E-state index contributed by atoms with van der Waals surface area (Å²) in [6, 6.07) is 4.90. The molecule has 0 spiro atoms. The second kappa shape index (κ2) is 8.27. The molecule has 0 aromatic heterocycles. The van der Waals surface area contributed by atoms with Crippen LogP contribution in [-0.4, -0.2) is 26.2 Å². The number of carbonyl (C=O) groups is 1. The highest BCUT2D eigenvalue weighted by molar-refractivity contribution is 9.10. The first-order chi connectivity index (χ1) is 9.08. The Bertz CT molecular complexity index is 426. The Balaban J connectivity index is 2.38. The molecule has 0 bridgehead atoms. The van der Waals surface area contributed by atoms with Crippen molar-refractivity contribution in [2.45, 2.75) is 19.8 Å². The molecule has 0 saturated carbocycles. The van der Waals surface area contributed by atoms with E-state index in [1.54, 1.807) is 12.1 Å². The molecule has 0 radical (unpaired) electrons. The minimum absolute atomic E-state index is 0.141. The number of hydrogen-bond acceptors (Lipinski definition) is 3. The summed E-state index contributed by atoms with van der Waals surface area (Å²) < 4.78 is 19.1. The van der Waals surface area contributed by atoms with Gasteiger partial charge in [-0.3, -0.25) is 4.79 Å². The molecule has 0 aliphatic heterocycles. The molecule has 0 heterocycles. The van der Waals surface area contributed by atoms with Gasteiger partial charge in [0.25, 0.3) is 0 Å². The minimum atomic E-state index is -0.205. The van der Waals surface area contributed by atoms with Crippen molar-refractivity contribution in [2.24, 2.45) is 5.92 Å². The van der Waals surface area contributed by atoms with Gasteiger partial charge in [0, 0.05) is 11.0 Å². The molecule has 1 rings (SSSR count). The van der Waals surface area contributed by atoms with E-state index in [1.807, 2.05) is 6.92 Å². The largest absolute Gasteiger partial charge is 0.469 e. The molecule has 1 N–H and O–H groups in total. The number of rotatable bonds is 7. The predicted molar refractivity (Wildman–Crippen MR) is 76.5 cm³/mol. The summed E-state index contributed by atoms with van der Waals surface area (Å²) in [5, 5.41) is 3.16. The molecule has 0 aliphatic carbocycles. The first-order valence-corrected chi connectivity index (χ1v) is 7.10. The molecule has 3 nitrogen and oxygen atoms in total. The van der Waals surface area contributed by atoms with Crippen molar-refractivity contribution in [2.75, 3.05) is 20.2 Å². The van der Waals surface area contributed by atoms with Gasteiger partial charge in [-0.05, 0) is 43.1 Å². The predicted octanol–water partition coefficient (Wildman–Crippen LogP) is 2.92. The van der Waals surface area contributed by atoms with E-state index in [1.165, 1.54) is 13.2 Å². The molecule has 1 aromatic carbocycles. The molecule has 0 amide bonds. The average molecular weight is 332 g/mol. The van der Waals surface area contributed by atoms with E-state index in [0.717, 1.165) is 10.9 Å². The van der Waals surface area contributed by atoms with Gasteiger partial charge >= 0.3 is 5.97 Å². The summed E-state index contributed by atoms with van der Waals surface area (Å²) in [5.41, 5.74) is 0.660. The topological polar surface area (TPSA) is 38.3 Å².